The van der Waals surface area contributed by atoms with Crippen LogP contribution in [-0.4, -0.2) is 29.5 Å². The first-order chi connectivity index (χ1) is 12.3. The van der Waals surface area contributed by atoms with Crippen molar-refractivity contribution < 1.29 is 19.1 Å². The van der Waals surface area contributed by atoms with E-state index in [0.29, 0.717) is 16.3 Å². The number of amides is 4. The Morgan fingerprint density at radius 2 is 1.73 bits per heavy atom. The number of rotatable bonds is 3. The Morgan fingerprint density at radius 1 is 1.08 bits per heavy atom. The summed E-state index contributed by atoms with van der Waals surface area (Å²) in [6, 6.07) is 6.42. The molecule has 2 aromatic rings. The third-order valence-electron chi connectivity index (χ3n) is 4.11. The Kier molecular flexibility index (Phi) is 4.56. The molecule has 1 fully saturated rings. The van der Waals surface area contributed by atoms with E-state index < -0.39 is 17.8 Å². The van der Waals surface area contributed by atoms with E-state index in [1.807, 2.05) is 30.5 Å². The normalized spacial score (nSPS) is 14.2. The highest BCUT2D eigenvalue weighted by molar-refractivity contribution is 6.32. The van der Waals surface area contributed by atoms with E-state index in [-0.39, 0.29) is 5.57 Å². The molecule has 4 amide bonds. The third kappa shape index (κ3) is 3.09. The summed E-state index contributed by atoms with van der Waals surface area (Å²) < 4.78 is 7.11. The van der Waals surface area contributed by atoms with E-state index in [1.54, 1.807) is 19.2 Å². The number of urea groups is 1. The number of methoxy groups -OCH3 is 1. The van der Waals surface area contributed by atoms with E-state index in [0.717, 1.165) is 17.1 Å². The highest BCUT2D eigenvalue weighted by atomic mass is 35.5. The maximum Gasteiger partial charge on any atom is 0.328 e. The molecule has 0 spiro atoms. The van der Waals surface area contributed by atoms with E-state index in [1.165, 1.54) is 6.08 Å². The molecule has 0 aliphatic carbocycles. The Bertz CT molecular complexity index is 953. The van der Waals surface area contributed by atoms with Crippen molar-refractivity contribution in [2.45, 2.75) is 13.8 Å². The molecular formula is C18H16ClN3O4. The molecule has 1 aliphatic rings. The van der Waals surface area contributed by atoms with Gasteiger partial charge < -0.3 is 9.30 Å². The average molecular weight is 374 g/mol. The first-order valence-corrected chi connectivity index (χ1v) is 8.11. The Morgan fingerprint density at radius 3 is 2.31 bits per heavy atom. The Balaban J connectivity index is 2.05. The molecule has 1 aliphatic heterocycles. The van der Waals surface area contributed by atoms with Crippen molar-refractivity contribution in [2.75, 3.05) is 7.11 Å². The summed E-state index contributed by atoms with van der Waals surface area (Å²) in [7, 11) is 1.54. The quantitative estimate of drug-likeness (QED) is 0.639. The molecular weight excluding hydrogens is 358 g/mol. The van der Waals surface area contributed by atoms with Crippen LogP contribution < -0.4 is 15.4 Å². The van der Waals surface area contributed by atoms with Crippen molar-refractivity contribution >= 4 is 35.5 Å². The molecule has 2 N–H and O–H groups in total. The number of halogens is 1. The van der Waals surface area contributed by atoms with Gasteiger partial charge in [0.2, 0.25) is 0 Å². The SMILES string of the molecule is COc1ccc(-n2c(C)cc(C=C3C(=O)NC(=O)NC3=O)c2C)cc1Cl. The van der Waals surface area contributed by atoms with Crippen molar-refractivity contribution in [3.63, 3.8) is 0 Å². The second-order valence-corrected chi connectivity index (χ2v) is 6.18. The van der Waals surface area contributed by atoms with Crippen LogP contribution in [0.25, 0.3) is 11.8 Å². The topological polar surface area (TPSA) is 89.4 Å². The molecule has 0 unspecified atom stereocenters. The molecule has 134 valence electrons. The molecule has 0 bridgehead atoms. The molecule has 1 aromatic heterocycles. The van der Waals surface area contributed by atoms with Crippen molar-refractivity contribution in [3.05, 3.63) is 51.8 Å². The number of hydrogen-bond donors (Lipinski definition) is 2. The first-order valence-electron chi connectivity index (χ1n) is 7.73. The lowest BCUT2D eigenvalue weighted by Crippen LogP contribution is -2.51. The number of nitrogens with one attached hydrogen (secondary N) is 2. The molecule has 0 atom stereocenters. The summed E-state index contributed by atoms with van der Waals surface area (Å²) in [5, 5.41) is 4.59. The largest absolute Gasteiger partial charge is 0.495 e. The minimum Gasteiger partial charge on any atom is -0.495 e. The molecule has 0 radical (unpaired) electrons. The summed E-state index contributed by atoms with van der Waals surface area (Å²) in [5.41, 5.74) is 3.09. The fourth-order valence-electron chi connectivity index (χ4n) is 2.89. The second-order valence-electron chi connectivity index (χ2n) is 5.78. The number of aryl methyl sites for hydroxylation is 1. The molecule has 7 nitrogen and oxygen atoms in total. The standard InChI is InChI=1S/C18H16ClN3O4/c1-9-6-11(7-13-16(23)20-18(25)21-17(13)24)10(2)22(9)12-4-5-15(26-3)14(19)8-12/h4-8H,1-3H3,(H2,20,21,23,24,25). The minimum atomic E-state index is -0.824. The predicted octanol–water partition coefficient (Wildman–Crippen LogP) is 2.51. The van der Waals surface area contributed by atoms with Crippen LogP contribution in [0.1, 0.15) is 17.0 Å². The average Bonchev–Trinajstić information content (AvgIpc) is 2.84. The van der Waals surface area contributed by atoms with E-state index in [4.69, 9.17) is 16.3 Å². The summed E-state index contributed by atoms with van der Waals surface area (Å²) in [6.45, 7) is 3.76. The van der Waals surface area contributed by atoms with Crippen molar-refractivity contribution in [2.24, 2.45) is 0 Å². The molecule has 2 heterocycles. The highest BCUT2D eigenvalue weighted by Gasteiger charge is 2.28. The van der Waals surface area contributed by atoms with E-state index >= 15 is 0 Å². The maximum atomic E-state index is 11.9. The number of aromatic nitrogens is 1. The fraction of sp³-hybridized carbons (Fsp3) is 0.167. The molecule has 26 heavy (non-hydrogen) atoms. The zero-order valence-electron chi connectivity index (χ0n) is 14.3. The lowest BCUT2D eigenvalue weighted by atomic mass is 10.1. The number of benzene rings is 1. The van der Waals surface area contributed by atoms with Gasteiger partial charge >= 0.3 is 6.03 Å². The third-order valence-corrected chi connectivity index (χ3v) is 4.40. The summed E-state index contributed by atoms with van der Waals surface area (Å²) in [4.78, 5) is 35.0. The Labute approximate surface area is 154 Å². The van der Waals surface area contributed by atoms with Crippen LogP contribution in [0, 0.1) is 13.8 Å². The van der Waals surface area contributed by atoms with Crippen LogP contribution in [-0.2, 0) is 9.59 Å². The molecule has 0 saturated carbocycles. The molecule has 8 heteroatoms. The monoisotopic (exact) mass is 373 g/mol. The lowest BCUT2D eigenvalue weighted by molar-refractivity contribution is -0.123. The predicted molar refractivity (Wildman–Crippen MR) is 96.5 cm³/mol. The van der Waals surface area contributed by atoms with Crippen molar-refractivity contribution in [1.29, 1.82) is 0 Å². The summed E-state index contributed by atoms with van der Waals surface area (Å²) in [6.07, 6.45) is 1.46. The number of barbiturate groups is 1. The smallest absolute Gasteiger partial charge is 0.328 e. The van der Waals surface area contributed by atoms with Gasteiger partial charge in [-0.2, -0.15) is 0 Å². The number of ether oxygens (including phenoxy) is 1. The molecule has 3 rings (SSSR count). The van der Waals surface area contributed by atoms with Gasteiger partial charge in [-0.25, -0.2) is 4.79 Å². The van der Waals surface area contributed by atoms with Gasteiger partial charge in [0, 0.05) is 17.1 Å². The number of nitrogens with zero attached hydrogens (tertiary/aromatic N) is 1. The maximum absolute atomic E-state index is 11.9. The minimum absolute atomic E-state index is 0.127. The van der Waals surface area contributed by atoms with Gasteiger partial charge in [-0.1, -0.05) is 11.6 Å². The zero-order valence-corrected chi connectivity index (χ0v) is 15.1. The van der Waals surface area contributed by atoms with Gasteiger partial charge in [-0.3, -0.25) is 20.2 Å². The lowest BCUT2D eigenvalue weighted by Gasteiger charge is -2.14. The van der Waals surface area contributed by atoms with Gasteiger partial charge in [0.25, 0.3) is 11.8 Å². The number of carbonyl (C=O) groups excluding carboxylic acids is 3. The number of carbonyl (C=O) groups is 3. The van der Waals surface area contributed by atoms with Crippen LogP contribution in [0.15, 0.2) is 29.8 Å². The van der Waals surface area contributed by atoms with Crippen LogP contribution in [0.2, 0.25) is 5.02 Å². The fourth-order valence-corrected chi connectivity index (χ4v) is 3.14. The molecule has 1 aromatic carbocycles. The van der Waals surface area contributed by atoms with Gasteiger partial charge in [0.15, 0.2) is 0 Å². The summed E-state index contributed by atoms with van der Waals surface area (Å²) >= 11 is 6.21. The number of hydrogen-bond acceptors (Lipinski definition) is 4. The Hall–Kier alpha value is -3.06. The van der Waals surface area contributed by atoms with Crippen LogP contribution >= 0.6 is 11.6 Å². The van der Waals surface area contributed by atoms with Crippen LogP contribution in [0.5, 0.6) is 5.75 Å². The van der Waals surface area contributed by atoms with Gasteiger partial charge in [-0.15, -0.1) is 0 Å². The summed E-state index contributed by atoms with van der Waals surface area (Å²) in [5.74, 6) is -0.882. The van der Waals surface area contributed by atoms with Crippen LogP contribution in [0.3, 0.4) is 0 Å². The second kappa shape index (κ2) is 6.68. The van der Waals surface area contributed by atoms with Crippen LogP contribution in [0.4, 0.5) is 4.79 Å². The van der Waals surface area contributed by atoms with Gasteiger partial charge in [0.05, 0.1) is 12.1 Å². The van der Waals surface area contributed by atoms with Crippen molar-refractivity contribution in [1.82, 2.24) is 15.2 Å². The molecule has 1 saturated heterocycles. The number of imide groups is 2. The first kappa shape index (κ1) is 17.8. The van der Waals surface area contributed by atoms with Gasteiger partial charge in [0.1, 0.15) is 11.3 Å². The zero-order chi connectivity index (χ0) is 19.0. The van der Waals surface area contributed by atoms with E-state index in [9.17, 15) is 14.4 Å². The van der Waals surface area contributed by atoms with Gasteiger partial charge in [-0.05, 0) is 49.8 Å². The highest BCUT2D eigenvalue weighted by Crippen LogP contribution is 2.29. The van der Waals surface area contributed by atoms with E-state index in [2.05, 4.69) is 10.6 Å². The van der Waals surface area contributed by atoms with Crippen molar-refractivity contribution in [3.8, 4) is 11.4 Å².